The lowest BCUT2D eigenvalue weighted by molar-refractivity contribution is -0.111. The van der Waals surface area contributed by atoms with Gasteiger partial charge in [0, 0.05) is 17.8 Å². The molecule has 0 saturated carbocycles. The highest BCUT2D eigenvalue weighted by Crippen LogP contribution is 2.26. The Morgan fingerprint density at radius 1 is 0.885 bits per heavy atom. The van der Waals surface area contributed by atoms with Crippen LogP contribution >= 0.6 is 0 Å². The van der Waals surface area contributed by atoms with Crippen LogP contribution < -0.4 is 10.1 Å². The van der Waals surface area contributed by atoms with Gasteiger partial charge in [0.1, 0.15) is 11.5 Å². The van der Waals surface area contributed by atoms with Gasteiger partial charge < -0.3 is 10.1 Å². The molecule has 0 aromatic heterocycles. The number of anilines is 1. The van der Waals surface area contributed by atoms with E-state index < -0.39 is 0 Å². The number of aryl methyl sites for hydroxylation is 2. The van der Waals surface area contributed by atoms with Crippen LogP contribution in [0.5, 0.6) is 11.5 Å². The summed E-state index contributed by atoms with van der Waals surface area (Å²) in [5.74, 6) is 1.26. The molecule has 0 atom stereocenters. The number of benzene rings is 3. The number of carbonyl (C=O) groups excluding carboxylic acids is 1. The van der Waals surface area contributed by atoms with Gasteiger partial charge in [-0.1, -0.05) is 54.1 Å². The second-order valence-electron chi connectivity index (χ2n) is 6.13. The molecule has 0 aliphatic heterocycles. The summed E-state index contributed by atoms with van der Waals surface area (Å²) in [6, 6.07) is 23.2. The Kier molecular flexibility index (Phi) is 5.49. The van der Waals surface area contributed by atoms with Gasteiger partial charge in [-0.3, -0.25) is 4.79 Å². The topological polar surface area (TPSA) is 38.3 Å². The summed E-state index contributed by atoms with van der Waals surface area (Å²) in [6.07, 6.45) is 3.34. The highest BCUT2D eigenvalue weighted by atomic mass is 16.5. The first-order valence-electron chi connectivity index (χ1n) is 8.49. The first-order chi connectivity index (χ1) is 12.6. The monoisotopic (exact) mass is 343 g/mol. The van der Waals surface area contributed by atoms with E-state index in [0.717, 1.165) is 22.6 Å². The van der Waals surface area contributed by atoms with E-state index in [9.17, 15) is 4.79 Å². The number of hydrogen-bond donors (Lipinski definition) is 1. The van der Waals surface area contributed by atoms with E-state index in [-0.39, 0.29) is 5.91 Å². The average molecular weight is 343 g/mol. The number of hydrogen-bond acceptors (Lipinski definition) is 2. The van der Waals surface area contributed by atoms with E-state index in [4.69, 9.17) is 4.74 Å². The van der Waals surface area contributed by atoms with Gasteiger partial charge in [0.05, 0.1) is 0 Å². The number of rotatable bonds is 5. The Morgan fingerprint density at radius 2 is 1.62 bits per heavy atom. The second kappa shape index (κ2) is 8.17. The van der Waals surface area contributed by atoms with E-state index in [0.29, 0.717) is 5.75 Å². The van der Waals surface area contributed by atoms with Crippen LogP contribution in [-0.4, -0.2) is 5.91 Å². The first-order valence-corrected chi connectivity index (χ1v) is 8.49. The lowest BCUT2D eigenvalue weighted by Crippen LogP contribution is -2.09. The van der Waals surface area contributed by atoms with Gasteiger partial charge in [0.25, 0.3) is 0 Å². The van der Waals surface area contributed by atoms with Crippen molar-refractivity contribution >= 4 is 17.7 Å². The smallest absolute Gasteiger partial charge is 0.248 e. The molecule has 3 nitrogen and oxygen atoms in total. The van der Waals surface area contributed by atoms with Gasteiger partial charge in [-0.15, -0.1) is 0 Å². The van der Waals surface area contributed by atoms with E-state index in [1.165, 1.54) is 11.6 Å². The van der Waals surface area contributed by atoms with Crippen molar-refractivity contribution in [1.29, 1.82) is 0 Å². The summed E-state index contributed by atoms with van der Waals surface area (Å²) >= 11 is 0. The second-order valence-corrected chi connectivity index (χ2v) is 6.13. The minimum absolute atomic E-state index is 0.175. The molecule has 3 rings (SSSR count). The molecule has 0 radical (unpaired) electrons. The van der Waals surface area contributed by atoms with Crippen LogP contribution in [-0.2, 0) is 4.79 Å². The van der Waals surface area contributed by atoms with Crippen LogP contribution in [0.15, 0.2) is 78.9 Å². The quantitative estimate of drug-likeness (QED) is 0.599. The van der Waals surface area contributed by atoms with Gasteiger partial charge in [0.2, 0.25) is 5.91 Å². The third-order valence-corrected chi connectivity index (χ3v) is 3.95. The number of nitrogens with one attached hydrogen (secondary N) is 1. The zero-order valence-corrected chi connectivity index (χ0v) is 14.9. The zero-order chi connectivity index (χ0) is 18.4. The van der Waals surface area contributed by atoms with Gasteiger partial charge >= 0.3 is 0 Å². The molecule has 0 fully saturated rings. The fourth-order valence-electron chi connectivity index (χ4n) is 2.45. The SMILES string of the molecule is Cc1ccc(/C=C/C(=O)Nc2cc(Oc3ccccc3)ccc2C)cc1. The number of amides is 1. The molecular weight excluding hydrogens is 322 g/mol. The molecule has 130 valence electrons. The summed E-state index contributed by atoms with van der Waals surface area (Å²) in [5.41, 5.74) is 3.89. The summed E-state index contributed by atoms with van der Waals surface area (Å²) < 4.78 is 5.83. The summed E-state index contributed by atoms with van der Waals surface area (Å²) in [5, 5.41) is 2.91. The Labute approximate surface area is 154 Å². The molecular formula is C23H21NO2. The molecule has 0 aliphatic rings. The van der Waals surface area contributed by atoms with Crippen LogP contribution in [0.2, 0.25) is 0 Å². The van der Waals surface area contributed by atoms with Crippen molar-refractivity contribution in [3.8, 4) is 11.5 Å². The van der Waals surface area contributed by atoms with Gasteiger partial charge in [-0.05, 0) is 49.2 Å². The lowest BCUT2D eigenvalue weighted by atomic mass is 10.1. The van der Waals surface area contributed by atoms with Crippen LogP contribution in [0.4, 0.5) is 5.69 Å². The zero-order valence-electron chi connectivity index (χ0n) is 14.9. The van der Waals surface area contributed by atoms with Crippen molar-refractivity contribution in [2.24, 2.45) is 0 Å². The molecule has 0 saturated heterocycles. The third kappa shape index (κ3) is 4.84. The van der Waals surface area contributed by atoms with E-state index >= 15 is 0 Å². The maximum absolute atomic E-state index is 12.2. The highest BCUT2D eigenvalue weighted by molar-refractivity contribution is 6.02. The largest absolute Gasteiger partial charge is 0.457 e. The first kappa shape index (κ1) is 17.5. The van der Waals surface area contributed by atoms with Crippen molar-refractivity contribution < 1.29 is 9.53 Å². The minimum Gasteiger partial charge on any atom is -0.457 e. The van der Waals surface area contributed by atoms with Crippen molar-refractivity contribution in [2.45, 2.75) is 13.8 Å². The Bertz CT molecular complexity index is 913. The third-order valence-electron chi connectivity index (χ3n) is 3.95. The summed E-state index contributed by atoms with van der Waals surface area (Å²) in [4.78, 5) is 12.2. The van der Waals surface area contributed by atoms with Gasteiger partial charge in [0.15, 0.2) is 0 Å². The van der Waals surface area contributed by atoms with Crippen molar-refractivity contribution in [1.82, 2.24) is 0 Å². The normalized spacial score (nSPS) is 10.7. The molecule has 0 aliphatic carbocycles. The number of para-hydroxylation sites is 1. The summed E-state index contributed by atoms with van der Waals surface area (Å²) in [6.45, 7) is 3.99. The minimum atomic E-state index is -0.175. The Balaban J connectivity index is 1.69. The van der Waals surface area contributed by atoms with Crippen molar-refractivity contribution in [2.75, 3.05) is 5.32 Å². The van der Waals surface area contributed by atoms with Crippen molar-refractivity contribution in [3.05, 3.63) is 95.6 Å². The van der Waals surface area contributed by atoms with Crippen LogP contribution in [0.25, 0.3) is 6.08 Å². The van der Waals surface area contributed by atoms with E-state index in [1.807, 2.05) is 86.6 Å². The maximum atomic E-state index is 12.2. The molecule has 1 N–H and O–H groups in total. The molecule has 0 heterocycles. The number of carbonyl (C=O) groups is 1. The Hall–Kier alpha value is -3.33. The van der Waals surface area contributed by atoms with Gasteiger partial charge in [-0.2, -0.15) is 0 Å². The molecule has 0 unspecified atom stereocenters. The molecule has 26 heavy (non-hydrogen) atoms. The number of ether oxygens (including phenoxy) is 1. The summed E-state index contributed by atoms with van der Waals surface area (Å²) in [7, 11) is 0. The van der Waals surface area contributed by atoms with E-state index in [2.05, 4.69) is 5.32 Å². The van der Waals surface area contributed by atoms with Crippen molar-refractivity contribution in [3.63, 3.8) is 0 Å². The predicted octanol–water partition coefficient (Wildman–Crippen LogP) is 5.75. The predicted molar refractivity (Wildman–Crippen MR) is 107 cm³/mol. The molecule has 0 spiro atoms. The molecule has 3 heteroatoms. The van der Waals surface area contributed by atoms with Crippen LogP contribution in [0, 0.1) is 13.8 Å². The van der Waals surface area contributed by atoms with Crippen LogP contribution in [0.3, 0.4) is 0 Å². The fourth-order valence-corrected chi connectivity index (χ4v) is 2.45. The molecule has 3 aromatic rings. The highest BCUT2D eigenvalue weighted by Gasteiger charge is 2.05. The Morgan fingerprint density at radius 3 is 2.35 bits per heavy atom. The van der Waals surface area contributed by atoms with Gasteiger partial charge in [-0.25, -0.2) is 0 Å². The fraction of sp³-hybridized carbons (Fsp3) is 0.0870. The maximum Gasteiger partial charge on any atom is 0.248 e. The molecule has 1 amide bonds. The average Bonchev–Trinajstić information content (AvgIpc) is 2.65. The molecule has 3 aromatic carbocycles. The molecule has 0 bridgehead atoms. The van der Waals surface area contributed by atoms with E-state index in [1.54, 1.807) is 6.08 Å². The lowest BCUT2D eigenvalue weighted by Gasteiger charge is -2.10. The van der Waals surface area contributed by atoms with Crippen LogP contribution in [0.1, 0.15) is 16.7 Å². The standard InChI is InChI=1S/C23H21NO2/c1-17-8-11-19(12-9-17)13-15-23(25)24-22-16-21(14-10-18(22)2)26-20-6-4-3-5-7-20/h3-16H,1-2H3,(H,24,25)/b15-13+.